The molecule has 1 aromatic carbocycles. The lowest BCUT2D eigenvalue weighted by Gasteiger charge is -2.13. The van der Waals surface area contributed by atoms with Crippen molar-refractivity contribution in [3.05, 3.63) is 47.7 Å². The van der Waals surface area contributed by atoms with Gasteiger partial charge in [-0.3, -0.25) is 9.59 Å². The molecule has 0 saturated carbocycles. The number of aryl methyl sites for hydroxylation is 1. The van der Waals surface area contributed by atoms with Crippen molar-refractivity contribution in [3.63, 3.8) is 0 Å². The molecule has 148 valence electrons. The van der Waals surface area contributed by atoms with E-state index >= 15 is 0 Å². The smallest absolute Gasteiger partial charge is 0.322 e. The van der Waals surface area contributed by atoms with Gasteiger partial charge in [0.05, 0.1) is 7.11 Å². The lowest BCUT2D eigenvalue weighted by Crippen LogP contribution is -2.32. The molecule has 3 N–H and O–H groups in total. The van der Waals surface area contributed by atoms with E-state index in [-0.39, 0.29) is 43.6 Å². The van der Waals surface area contributed by atoms with Crippen LogP contribution in [0.5, 0.6) is 0 Å². The molecule has 0 aliphatic carbocycles. The van der Waals surface area contributed by atoms with Crippen LogP contribution >= 0.6 is 24.8 Å². The number of ether oxygens (including phenoxy) is 1. The minimum absolute atomic E-state index is 0. The first-order valence-electron chi connectivity index (χ1n) is 8.09. The molecule has 1 atom stereocenters. The molecule has 1 aromatic heterocycles. The number of methoxy groups -OCH3 is 1. The number of nitrogens with two attached hydrogens (primary N) is 1. The van der Waals surface area contributed by atoms with Crippen molar-refractivity contribution in [2.24, 2.45) is 5.73 Å². The highest BCUT2D eigenvalue weighted by molar-refractivity contribution is 5.91. The summed E-state index contributed by atoms with van der Waals surface area (Å²) in [6.45, 7) is 3.91. The summed E-state index contributed by atoms with van der Waals surface area (Å²) in [5.74, 6) is -0.281. The Balaban J connectivity index is 0.00000338. The summed E-state index contributed by atoms with van der Waals surface area (Å²) < 4.78 is 4.55. The number of esters is 1. The largest absolute Gasteiger partial charge is 0.468 e. The molecule has 1 heterocycles. The van der Waals surface area contributed by atoms with Crippen LogP contribution in [0.15, 0.2) is 36.4 Å². The Morgan fingerprint density at radius 3 is 2.41 bits per heavy atom. The van der Waals surface area contributed by atoms with Gasteiger partial charge in [-0.2, -0.15) is 0 Å². The molecule has 0 unspecified atom stereocenters. The number of anilines is 1. The van der Waals surface area contributed by atoms with Crippen LogP contribution in [0.2, 0.25) is 0 Å². The first-order valence-corrected chi connectivity index (χ1v) is 8.09. The van der Waals surface area contributed by atoms with Crippen molar-refractivity contribution in [2.45, 2.75) is 32.7 Å². The van der Waals surface area contributed by atoms with E-state index < -0.39 is 12.0 Å². The van der Waals surface area contributed by atoms with Gasteiger partial charge in [-0.05, 0) is 43.0 Å². The van der Waals surface area contributed by atoms with E-state index in [0.29, 0.717) is 5.82 Å². The van der Waals surface area contributed by atoms with E-state index in [1.54, 1.807) is 0 Å². The molecule has 6 nitrogen and oxygen atoms in total. The average molecular weight is 414 g/mol. The number of carbonyl (C=O) groups is 2. The molecule has 8 heteroatoms. The molecule has 0 radical (unpaired) electrons. The Hall–Kier alpha value is -2.15. The van der Waals surface area contributed by atoms with E-state index in [1.807, 2.05) is 50.2 Å². The van der Waals surface area contributed by atoms with Gasteiger partial charge in [0.1, 0.15) is 11.9 Å². The molecule has 27 heavy (non-hydrogen) atoms. The van der Waals surface area contributed by atoms with E-state index in [0.717, 1.165) is 22.4 Å². The summed E-state index contributed by atoms with van der Waals surface area (Å²) in [5, 5.41) is 2.77. The molecule has 0 fully saturated rings. The van der Waals surface area contributed by atoms with Gasteiger partial charge < -0.3 is 15.8 Å². The van der Waals surface area contributed by atoms with E-state index in [9.17, 15) is 9.59 Å². The Kier molecular flexibility index (Phi) is 10.6. The van der Waals surface area contributed by atoms with E-state index in [1.165, 1.54) is 7.11 Å². The van der Waals surface area contributed by atoms with Crippen molar-refractivity contribution in [1.29, 1.82) is 0 Å². The maximum atomic E-state index is 12.1. The number of carbonyl (C=O) groups excluding carboxylic acids is 2. The number of halogens is 2. The molecule has 1 amide bonds. The topological polar surface area (TPSA) is 94.3 Å². The first kappa shape index (κ1) is 24.8. The summed E-state index contributed by atoms with van der Waals surface area (Å²) in [4.78, 5) is 27.8. The van der Waals surface area contributed by atoms with Gasteiger partial charge >= 0.3 is 5.97 Å². The van der Waals surface area contributed by atoms with Gasteiger partial charge in [-0.25, -0.2) is 4.98 Å². The molecule has 0 aliphatic rings. The predicted molar refractivity (Wildman–Crippen MR) is 111 cm³/mol. The van der Waals surface area contributed by atoms with Crippen molar-refractivity contribution in [2.75, 3.05) is 12.4 Å². The molecular formula is C19H25Cl2N3O3. The Labute approximate surface area is 171 Å². The minimum atomic E-state index is -0.802. The van der Waals surface area contributed by atoms with Crippen LogP contribution in [0.4, 0.5) is 5.82 Å². The van der Waals surface area contributed by atoms with Gasteiger partial charge in [-0.1, -0.05) is 30.3 Å². The van der Waals surface area contributed by atoms with Gasteiger partial charge in [-0.15, -0.1) is 24.8 Å². The summed E-state index contributed by atoms with van der Waals surface area (Å²) in [6, 6.07) is 11.0. The normalized spacial score (nSPS) is 10.8. The SMILES string of the molecule is COC(=O)[C@@H](N)CCC(=O)Nc1cc(-c2ccccc2)c(C)c(C)n1.Cl.Cl. The van der Waals surface area contributed by atoms with Gasteiger partial charge in [0.25, 0.3) is 0 Å². The monoisotopic (exact) mass is 413 g/mol. The fraction of sp³-hybridized carbons (Fsp3) is 0.316. The Morgan fingerprint density at radius 2 is 1.81 bits per heavy atom. The van der Waals surface area contributed by atoms with Crippen LogP contribution in [0.1, 0.15) is 24.1 Å². The molecule has 0 spiro atoms. The molecule has 2 aromatic rings. The minimum Gasteiger partial charge on any atom is -0.468 e. The third-order valence-corrected chi connectivity index (χ3v) is 4.05. The third-order valence-electron chi connectivity index (χ3n) is 4.05. The fourth-order valence-electron chi connectivity index (χ4n) is 2.48. The number of pyridine rings is 1. The lowest BCUT2D eigenvalue weighted by molar-refractivity contribution is -0.142. The molecule has 2 rings (SSSR count). The summed E-state index contributed by atoms with van der Waals surface area (Å²) >= 11 is 0. The number of nitrogens with zero attached hydrogens (tertiary/aromatic N) is 1. The average Bonchev–Trinajstić information content (AvgIpc) is 2.62. The van der Waals surface area contributed by atoms with Crippen molar-refractivity contribution >= 4 is 42.5 Å². The quantitative estimate of drug-likeness (QED) is 0.707. The zero-order valence-corrected chi connectivity index (χ0v) is 17.2. The zero-order valence-electron chi connectivity index (χ0n) is 15.5. The van der Waals surface area contributed by atoms with Crippen LogP contribution in [-0.4, -0.2) is 30.0 Å². The van der Waals surface area contributed by atoms with Gasteiger partial charge in [0.15, 0.2) is 0 Å². The number of hydrogen-bond acceptors (Lipinski definition) is 5. The zero-order chi connectivity index (χ0) is 18.4. The van der Waals surface area contributed by atoms with Crippen molar-refractivity contribution < 1.29 is 14.3 Å². The van der Waals surface area contributed by atoms with Crippen LogP contribution < -0.4 is 11.1 Å². The Morgan fingerprint density at radius 1 is 1.19 bits per heavy atom. The highest BCUT2D eigenvalue weighted by Crippen LogP contribution is 2.27. The van der Waals surface area contributed by atoms with E-state index in [4.69, 9.17) is 5.73 Å². The van der Waals surface area contributed by atoms with Crippen LogP contribution in [0, 0.1) is 13.8 Å². The van der Waals surface area contributed by atoms with Crippen LogP contribution in [0.25, 0.3) is 11.1 Å². The number of amides is 1. The first-order chi connectivity index (χ1) is 11.9. The fourth-order valence-corrected chi connectivity index (χ4v) is 2.48. The van der Waals surface area contributed by atoms with Gasteiger partial charge in [0.2, 0.25) is 5.91 Å². The van der Waals surface area contributed by atoms with Crippen LogP contribution in [0.3, 0.4) is 0 Å². The van der Waals surface area contributed by atoms with Crippen molar-refractivity contribution in [3.8, 4) is 11.1 Å². The van der Waals surface area contributed by atoms with Gasteiger partial charge in [0, 0.05) is 12.1 Å². The summed E-state index contributed by atoms with van der Waals surface area (Å²) in [6.07, 6.45) is 0.334. The number of rotatable bonds is 6. The number of benzene rings is 1. The molecule has 0 bridgehead atoms. The highest BCUT2D eigenvalue weighted by Gasteiger charge is 2.16. The standard InChI is InChI=1S/C19H23N3O3.2ClH/c1-12-13(2)21-17(11-15(12)14-7-5-4-6-8-14)22-18(23)10-9-16(20)19(24)25-3;;/h4-8,11,16H,9-10,20H2,1-3H3,(H,21,22,23);2*1H/t16-;;/m0../s1. The molecule has 0 saturated heterocycles. The maximum absolute atomic E-state index is 12.1. The van der Waals surface area contributed by atoms with Crippen LogP contribution in [-0.2, 0) is 14.3 Å². The second kappa shape index (κ2) is 11.5. The predicted octanol–water partition coefficient (Wildman–Crippen LogP) is 3.43. The van der Waals surface area contributed by atoms with Crippen molar-refractivity contribution in [1.82, 2.24) is 4.98 Å². The number of aromatic nitrogens is 1. The second-order valence-corrected chi connectivity index (χ2v) is 5.85. The Bertz CT molecular complexity index is 770. The highest BCUT2D eigenvalue weighted by atomic mass is 35.5. The third kappa shape index (κ3) is 6.82. The number of hydrogen-bond donors (Lipinski definition) is 2. The molecule has 0 aliphatic heterocycles. The van der Waals surface area contributed by atoms with E-state index in [2.05, 4.69) is 15.0 Å². The number of nitrogens with one attached hydrogen (secondary N) is 1. The summed E-state index contributed by atoms with van der Waals surface area (Å²) in [7, 11) is 1.27. The summed E-state index contributed by atoms with van der Waals surface area (Å²) in [5.41, 5.74) is 9.65. The lowest BCUT2D eigenvalue weighted by atomic mass is 10.0. The molecular weight excluding hydrogens is 389 g/mol. The second-order valence-electron chi connectivity index (χ2n) is 5.85. The maximum Gasteiger partial charge on any atom is 0.322 e.